The van der Waals surface area contributed by atoms with Gasteiger partial charge < -0.3 is 16.0 Å². The van der Waals surface area contributed by atoms with E-state index in [0.29, 0.717) is 25.2 Å². The number of hydrogen-bond acceptors (Lipinski definition) is 16. The molecule has 5 aromatic carbocycles. The number of pyridine rings is 7. The smallest absolute Gasteiger partial charge is 0.131 e. The molecule has 15 aromatic rings. The van der Waals surface area contributed by atoms with Gasteiger partial charge in [0.15, 0.2) is 0 Å². The maximum absolute atomic E-state index is 14.8. The lowest BCUT2D eigenvalue weighted by Crippen LogP contribution is -2.02. The molecule has 0 fully saturated rings. The number of anilines is 3. The van der Waals surface area contributed by atoms with Gasteiger partial charge in [0, 0.05) is 125 Å². The van der Waals surface area contributed by atoms with Gasteiger partial charge in [-0.25, -0.2) is 19.3 Å². The molecule has 0 saturated carbocycles. The van der Waals surface area contributed by atoms with Gasteiger partial charge in [0.05, 0.1) is 75.0 Å². The van der Waals surface area contributed by atoms with Gasteiger partial charge in [-0.1, -0.05) is 62.0 Å². The molecule has 0 saturated heterocycles. The van der Waals surface area contributed by atoms with E-state index in [-0.39, 0.29) is 13.2 Å². The van der Waals surface area contributed by atoms with Crippen LogP contribution in [-0.2, 0) is 19.6 Å². The van der Waals surface area contributed by atoms with Gasteiger partial charge in [0.25, 0.3) is 0 Å². The van der Waals surface area contributed by atoms with E-state index in [1.54, 1.807) is 37.1 Å². The third-order valence-electron chi connectivity index (χ3n) is 16.5. The van der Waals surface area contributed by atoms with Gasteiger partial charge in [-0.2, -0.15) is 0 Å². The van der Waals surface area contributed by atoms with Crippen LogP contribution in [0.4, 0.5) is 21.5 Å². The number of nitrogens with zero attached hydrogens (tertiary/aromatic N) is 13. The third-order valence-corrected chi connectivity index (χ3v) is 16.5. The number of aromatic nitrogens is 13. The van der Waals surface area contributed by atoms with Crippen molar-refractivity contribution in [2.45, 2.75) is 75.5 Å². The molecule has 3 N–H and O–H groups in total. The number of halogens is 1. The summed E-state index contributed by atoms with van der Waals surface area (Å²) in [5, 5.41) is 10.4. The van der Waals surface area contributed by atoms with E-state index in [9.17, 15) is 4.39 Å². The molecule has 0 bridgehead atoms. The SMILES string of the molecule is C.Cc1cc(-c2ccc(CNc3cccc4nc(-c5ccnc(C)c5)cnc34)cn2)ccn1.Cc1cc(-c2cnc3c(NCc4ccc(-c5ccnc(C)c5)c(C)c4)cccc3n2)ccn1.Cc1cc(-c2cnc3c(NCc4ccc(-c5ccnc(C)c5)c(F)c4)cccc3n2)ccn1. The average Bonchev–Trinajstić information content (AvgIpc) is 0.852. The first-order valence-corrected chi connectivity index (χ1v) is 32.2. The molecule has 10 aromatic heterocycles. The molecule has 488 valence electrons. The molecule has 0 spiro atoms. The highest BCUT2D eigenvalue weighted by Crippen LogP contribution is 2.31. The number of aryl methyl sites for hydroxylation is 7. The Morgan fingerprint density at radius 2 is 0.626 bits per heavy atom. The molecule has 15 rings (SSSR count). The van der Waals surface area contributed by atoms with E-state index in [2.05, 4.69) is 99.1 Å². The molecule has 0 aliphatic rings. The highest BCUT2D eigenvalue weighted by Gasteiger charge is 2.14. The first-order valence-electron chi connectivity index (χ1n) is 32.2. The van der Waals surface area contributed by atoms with E-state index in [1.165, 1.54) is 22.3 Å². The van der Waals surface area contributed by atoms with Crippen molar-refractivity contribution in [2.75, 3.05) is 16.0 Å². The molecular weight excluding hydrogens is 1230 g/mol. The minimum atomic E-state index is -0.255. The van der Waals surface area contributed by atoms with Crippen LogP contribution in [0.3, 0.4) is 0 Å². The van der Waals surface area contributed by atoms with Crippen LogP contribution in [-0.4, -0.2) is 64.8 Å². The lowest BCUT2D eigenvalue weighted by molar-refractivity contribution is 0.629. The van der Waals surface area contributed by atoms with Gasteiger partial charge in [0.2, 0.25) is 0 Å². The Kier molecular flexibility index (Phi) is 20.5. The second-order valence-electron chi connectivity index (χ2n) is 24.0. The minimum Gasteiger partial charge on any atom is -0.379 e. The van der Waals surface area contributed by atoms with Crippen molar-refractivity contribution in [1.82, 2.24) is 64.8 Å². The molecule has 0 unspecified atom stereocenters. The molecule has 0 aliphatic carbocycles. The largest absolute Gasteiger partial charge is 0.379 e. The monoisotopic (exact) mass is 1300 g/mol. The number of benzene rings is 5. The minimum absolute atomic E-state index is 0. The Bertz CT molecular complexity index is 5150. The Hall–Kier alpha value is -12.5. The van der Waals surface area contributed by atoms with Crippen LogP contribution < -0.4 is 16.0 Å². The topological polar surface area (TPSA) is 204 Å². The molecule has 0 radical (unpaired) electrons. The van der Waals surface area contributed by atoms with E-state index in [4.69, 9.17) is 24.9 Å². The van der Waals surface area contributed by atoms with Crippen LogP contribution in [0.15, 0.2) is 238 Å². The Labute approximate surface area is 575 Å². The summed E-state index contributed by atoms with van der Waals surface area (Å²) in [5.41, 5.74) is 29.2. The van der Waals surface area contributed by atoms with Gasteiger partial charge in [0.1, 0.15) is 22.4 Å². The third kappa shape index (κ3) is 16.3. The summed E-state index contributed by atoms with van der Waals surface area (Å²) in [5.74, 6) is -0.255. The van der Waals surface area contributed by atoms with Crippen LogP contribution in [0.2, 0.25) is 0 Å². The van der Waals surface area contributed by atoms with Crippen LogP contribution in [0.1, 0.15) is 63.8 Å². The zero-order valence-electron chi connectivity index (χ0n) is 55.3. The van der Waals surface area contributed by atoms with Crippen molar-refractivity contribution in [1.29, 1.82) is 0 Å². The van der Waals surface area contributed by atoms with Gasteiger partial charge in [-0.3, -0.25) is 49.8 Å². The van der Waals surface area contributed by atoms with Crippen molar-refractivity contribution in [3.05, 3.63) is 300 Å². The van der Waals surface area contributed by atoms with Gasteiger partial charge in [-0.15, -0.1) is 0 Å². The van der Waals surface area contributed by atoms with E-state index in [0.717, 1.165) is 146 Å². The molecule has 0 aliphatic heterocycles. The van der Waals surface area contributed by atoms with Crippen molar-refractivity contribution in [3.63, 3.8) is 0 Å². The lowest BCUT2D eigenvalue weighted by atomic mass is 9.98. The number of fused-ring (bicyclic) bond motifs is 3. The fourth-order valence-electron chi connectivity index (χ4n) is 11.6. The number of nitrogens with one attached hydrogen (secondary N) is 3. The highest BCUT2D eigenvalue weighted by molar-refractivity contribution is 5.91. The average molecular weight is 1300 g/mol. The van der Waals surface area contributed by atoms with Crippen molar-refractivity contribution in [3.8, 4) is 67.3 Å². The molecule has 16 nitrogen and oxygen atoms in total. The van der Waals surface area contributed by atoms with E-state index < -0.39 is 0 Å². The second kappa shape index (κ2) is 30.5. The molecule has 10 heterocycles. The summed E-state index contributed by atoms with van der Waals surface area (Å²) >= 11 is 0. The Balaban J connectivity index is 0.000000140. The van der Waals surface area contributed by atoms with Gasteiger partial charge in [-0.05, 0) is 209 Å². The molecular formula is C82H73FN16. The predicted octanol–water partition coefficient (Wildman–Crippen LogP) is 18.4. The van der Waals surface area contributed by atoms with Crippen LogP contribution >= 0.6 is 0 Å². The second-order valence-corrected chi connectivity index (χ2v) is 24.0. The zero-order chi connectivity index (χ0) is 67.5. The summed E-state index contributed by atoms with van der Waals surface area (Å²) in [6.07, 6.45) is 18.1. The van der Waals surface area contributed by atoms with E-state index >= 15 is 0 Å². The van der Waals surface area contributed by atoms with Crippen LogP contribution in [0.5, 0.6) is 0 Å². The number of rotatable bonds is 15. The standard InChI is InChI=1S/C28H25N5.C27H22FN5.C26H22N6.CH4/c1-18-13-21(7-8-24(18)22-9-11-29-19(2)14-22)16-31-25-5-4-6-26-28(25)32-17-27(33-26)23-10-12-30-20(3)15-23;1-17-12-20(8-10-29-17)22-7-6-19(14-23(22)28)15-31-24-4-3-5-25-27(24)32-16-26(33-25)21-9-11-30-18(2)13-21;1-17-12-20(8-10-27-17)22-7-6-19(14-29-22)15-30-23-4-3-5-24-26(23)31-16-25(32-24)21-9-11-28-18(2)13-21;/h4-15,17,31H,16H2,1-3H3;3-14,16,31H,15H2,1-2H3;3-14,16,30H,15H2,1-2H3;1H4. The van der Waals surface area contributed by atoms with Crippen molar-refractivity contribution in [2.24, 2.45) is 0 Å². The molecule has 0 amide bonds. The fourth-order valence-corrected chi connectivity index (χ4v) is 11.6. The number of para-hydroxylation sites is 3. The highest BCUT2D eigenvalue weighted by atomic mass is 19.1. The molecule has 99 heavy (non-hydrogen) atoms. The number of hydrogen-bond donors (Lipinski definition) is 3. The Morgan fingerprint density at radius 1 is 0.293 bits per heavy atom. The first kappa shape index (κ1) is 66.5. The molecule has 17 heteroatoms. The van der Waals surface area contributed by atoms with Crippen molar-refractivity contribution >= 4 is 50.2 Å². The molecule has 0 atom stereocenters. The van der Waals surface area contributed by atoms with Crippen LogP contribution in [0, 0.1) is 54.3 Å². The summed E-state index contributed by atoms with van der Waals surface area (Å²) in [7, 11) is 0. The quantitative estimate of drug-likeness (QED) is 0.0873. The normalized spacial score (nSPS) is 10.9. The summed E-state index contributed by atoms with van der Waals surface area (Å²) in [6.45, 7) is 15.8. The fraction of sp³-hybridized carbons (Fsp3) is 0.134. The van der Waals surface area contributed by atoms with E-state index in [1.807, 2.05) is 206 Å². The summed E-state index contributed by atoms with van der Waals surface area (Å²) < 4.78 is 14.8. The van der Waals surface area contributed by atoms with Gasteiger partial charge >= 0.3 is 0 Å². The first-order chi connectivity index (χ1) is 47.8. The summed E-state index contributed by atoms with van der Waals surface area (Å²) in [4.78, 5) is 58.6. The van der Waals surface area contributed by atoms with Crippen LogP contribution in [0.25, 0.3) is 100 Å². The lowest BCUT2D eigenvalue weighted by Gasteiger charge is -2.12. The maximum atomic E-state index is 14.8. The predicted molar refractivity (Wildman–Crippen MR) is 397 cm³/mol. The summed E-state index contributed by atoms with van der Waals surface area (Å²) in [6, 6.07) is 57.7. The van der Waals surface area contributed by atoms with Crippen molar-refractivity contribution < 1.29 is 4.39 Å². The Morgan fingerprint density at radius 3 is 0.990 bits per heavy atom. The maximum Gasteiger partial charge on any atom is 0.131 e. The zero-order valence-corrected chi connectivity index (χ0v) is 55.3.